The van der Waals surface area contributed by atoms with Gasteiger partial charge in [0.15, 0.2) is 0 Å². The van der Waals surface area contributed by atoms with E-state index in [1.165, 1.54) is 0 Å². The van der Waals surface area contributed by atoms with Gasteiger partial charge in [0.2, 0.25) is 0 Å². The lowest BCUT2D eigenvalue weighted by molar-refractivity contribution is 0.411. The zero-order valence-corrected chi connectivity index (χ0v) is 13.3. The molecule has 0 radical (unpaired) electrons. The Kier molecular flexibility index (Phi) is 4.18. The number of anilines is 1. The van der Waals surface area contributed by atoms with Crippen molar-refractivity contribution in [2.24, 2.45) is 0 Å². The third-order valence-corrected chi connectivity index (χ3v) is 4.61. The van der Waals surface area contributed by atoms with Crippen LogP contribution in [-0.4, -0.2) is 20.5 Å². The molecule has 2 rings (SSSR count). The summed E-state index contributed by atoms with van der Waals surface area (Å²) in [6, 6.07) is 8.50. The second-order valence-electron chi connectivity index (χ2n) is 4.86. The fraction of sp³-hybridized carbons (Fsp3) is 0.267. The molecule has 0 atom stereocenters. The normalized spacial score (nSPS) is 11.2. The van der Waals surface area contributed by atoms with Gasteiger partial charge >= 0.3 is 0 Å². The van der Waals surface area contributed by atoms with Crippen LogP contribution in [0.1, 0.15) is 16.8 Å². The standard InChI is InChI=1S/C15H18N2O3S/c1-10-9-14(11(2)8-13(10)20-4)21(18,19)17-15-7-5-6-12(3)16-15/h5-9H,1-4H3,(H,16,17). The van der Waals surface area contributed by atoms with Gasteiger partial charge in [-0.2, -0.15) is 0 Å². The molecule has 5 nitrogen and oxygen atoms in total. The average molecular weight is 306 g/mol. The third-order valence-electron chi connectivity index (χ3n) is 3.11. The first-order chi connectivity index (χ1) is 9.83. The Labute approximate surface area is 125 Å². The highest BCUT2D eigenvalue weighted by atomic mass is 32.2. The number of aromatic nitrogens is 1. The Morgan fingerprint density at radius 1 is 1.10 bits per heavy atom. The number of benzene rings is 1. The molecule has 112 valence electrons. The van der Waals surface area contributed by atoms with Gasteiger partial charge in [-0.3, -0.25) is 4.72 Å². The Hall–Kier alpha value is -2.08. The largest absolute Gasteiger partial charge is 0.496 e. The molecule has 21 heavy (non-hydrogen) atoms. The number of aryl methyl sites for hydroxylation is 3. The van der Waals surface area contributed by atoms with Crippen molar-refractivity contribution in [1.29, 1.82) is 0 Å². The number of methoxy groups -OCH3 is 1. The topological polar surface area (TPSA) is 68.3 Å². The van der Waals surface area contributed by atoms with Crippen molar-refractivity contribution in [3.05, 3.63) is 47.2 Å². The highest BCUT2D eigenvalue weighted by Crippen LogP contribution is 2.26. The maximum Gasteiger partial charge on any atom is 0.263 e. The van der Waals surface area contributed by atoms with E-state index in [1.54, 1.807) is 51.3 Å². The first-order valence-corrected chi connectivity index (χ1v) is 7.93. The number of nitrogens with one attached hydrogen (secondary N) is 1. The second-order valence-corrected chi connectivity index (χ2v) is 6.51. The van der Waals surface area contributed by atoms with Crippen LogP contribution in [0.4, 0.5) is 5.82 Å². The summed E-state index contributed by atoms with van der Waals surface area (Å²) in [6.45, 7) is 5.35. The van der Waals surface area contributed by atoms with Gasteiger partial charge in [-0.25, -0.2) is 13.4 Å². The molecule has 0 aliphatic carbocycles. The Morgan fingerprint density at radius 3 is 2.43 bits per heavy atom. The summed E-state index contributed by atoms with van der Waals surface area (Å²) >= 11 is 0. The van der Waals surface area contributed by atoms with E-state index in [1.807, 2.05) is 6.92 Å². The van der Waals surface area contributed by atoms with Gasteiger partial charge in [0.1, 0.15) is 11.6 Å². The number of hydrogen-bond donors (Lipinski definition) is 1. The molecule has 0 aliphatic rings. The molecule has 0 bridgehead atoms. The monoisotopic (exact) mass is 306 g/mol. The minimum absolute atomic E-state index is 0.226. The lowest BCUT2D eigenvalue weighted by Crippen LogP contribution is -2.15. The Morgan fingerprint density at radius 2 is 1.81 bits per heavy atom. The van der Waals surface area contributed by atoms with Crippen molar-refractivity contribution in [1.82, 2.24) is 4.98 Å². The number of hydrogen-bond acceptors (Lipinski definition) is 4. The van der Waals surface area contributed by atoms with Gasteiger partial charge in [-0.15, -0.1) is 0 Å². The predicted molar refractivity (Wildman–Crippen MR) is 82.3 cm³/mol. The molecule has 2 aromatic rings. The van der Waals surface area contributed by atoms with Crippen LogP contribution in [0.2, 0.25) is 0 Å². The molecular weight excluding hydrogens is 288 g/mol. The fourth-order valence-electron chi connectivity index (χ4n) is 2.07. The van der Waals surface area contributed by atoms with E-state index >= 15 is 0 Å². The maximum absolute atomic E-state index is 12.5. The summed E-state index contributed by atoms with van der Waals surface area (Å²) in [5, 5.41) is 0. The van der Waals surface area contributed by atoms with Crippen LogP contribution < -0.4 is 9.46 Å². The fourth-order valence-corrected chi connectivity index (χ4v) is 3.38. The van der Waals surface area contributed by atoms with Crippen LogP contribution in [0.15, 0.2) is 35.2 Å². The van der Waals surface area contributed by atoms with Crippen molar-refractivity contribution in [3.8, 4) is 5.75 Å². The predicted octanol–water partition coefficient (Wildman–Crippen LogP) is 2.82. The lowest BCUT2D eigenvalue weighted by atomic mass is 10.1. The molecule has 1 aromatic heterocycles. The second kappa shape index (κ2) is 5.73. The van der Waals surface area contributed by atoms with Crippen LogP contribution in [0.5, 0.6) is 5.75 Å². The first-order valence-electron chi connectivity index (χ1n) is 6.45. The van der Waals surface area contributed by atoms with Gasteiger partial charge in [0, 0.05) is 5.69 Å². The number of ether oxygens (including phenoxy) is 1. The van der Waals surface area contributed by atoms with E-state index in [0.29, 0.717) is 17.1 Å². The van der Waals surface area contributed by atoms with Crippen molar-refractivity contribution in [2.75, 3.05) is 11.8 Å². The van der Waals surface area contributed by atoms with E-state index in [0.717, 1.165) is 11.3 Å². The van der Waals surface area contributed by atoms with Gasteiger partial charge in [-0.05, 0) is 56.2 Å². The molecule has 0 aliphatic heterocycles. The zero-order valence-electron chi connectivity index (χ0n) is 12.5. The van der Waals surface area contributed by atoms with Gasteiger partial charge in [0.25, 0.3) is 10.0 Å². The number of pyridine rings is 1. The van der Waals surface area contributed by atoms with Crippen molar-refractivity contribution >= 4 is 15.8 Å². The van der Waals surface area contributed by atoms with E-state index in [4.69, 9.17) is 4.74 Å². The van der Waals surface area contributed by atoms with Gasteiger partial charge in [-0.1, -0.05) is 6.07 Å². The quantitative estimate of drug-likeness (QED) is 0.943. The summed E-state index contributed by atoms with van der Waals surface area (Å²) in [6.07, 6.45) is 0. The highest BCUT2D eigenvalue weighted by molar-refractivity contribution is 7.92. The Balaban J connectivity index is 2.42. The van der Waals surface area contributed by atoms with E-state index in [-0.39, 0.29) is 4.90 Å². The summed E-state index contributed by atoms with van der Waals surface area (Å²) in [5.74, 6) is 0.975. The third kappa shape index (κ3) is 3.33. The van der Waals surface area contributed by atoms with Crippen molar-refractivity contribution < 1.29 is 13.2 Å². The van der Waals surface area contributed by atoms with E-state index < -0.39 is 10.0 Å². The Bertz CT molecular complexity index is 770. The average Bonchev–Trinajstić information content (AvgIpc) is 2.40. The summed E-state index contributed by atoms with van der Waals surface area (Å²) in [4.78, 5) is 4.38. The lowest BCUT2D eigenvalue weighted by Gasteiger charge is -2.13. The van der Waals surface area contributed by atoms with Crippen LogP contribution >= 0.6 is 0 Å². The highest BCUT2D eigenvalue weighted by Gasteiger charge is 2.19. The molecule has 6 heteroatoms. The minimum atomic E-state index is -3.68. The zero-order chi connectivity index (χ0) is 15.6. The molecule has 0 fully saturated rings. The maximum atomic E-state index is 12.5. The number of sulfonamides is 1. The summed E-state index contributed by atoms with van der Waals surface area (Å²) < 4.78 is 32.7. The molecular formula is C15H18N2O3S. The van der Waals surface area contributed by atoms with Crippen LogP contribution in [0.25, 0.3) is 0 Å². The van der Waals surface area contributed by atoms with E-state index in [9.17, 15) is 8.42 Å². The number of rotatable bonds is 4. The number of nitrogens with zero attached hydrogens (tertiary/aromatic N) is 1. The van der Waals surface area contributed by atoms with Crippen molar-refractivity contribution in [2.45, 2.75) is 25.7 Å². The van der Waals surface area contributed by atoms with Gasteiger partial charge < -0.3 is 4.74 Å². The molecule has 0 saturated heterocycles. The van der Waals surface area contributed by atoms with Crippen LogP contribution in [0.3, 0.4) is 0 Å². The first kappa shape index (κ1) is 15.3. The molecule has 1 N–H and O–H groups in total. The summed E-state index contributed by atoms with van der Waals surface area (Å²) in [7, 11) is -2.12. The molecule has 1 aromatic carbocycles. The summed E-state index contributed by atoms with van der Waals surface area (Å²) in [5.41, 5.74) is 2.14. The van der Waals surface area contributed by atoms with Crippen LogP contribution in [-0.2, 0) is 10.0 Å². The molecule has 0 saturated carbocycles. The van der Waals surface area contributed by atoms with Crippen molar-refractivity contribution in [3.63, 3.8) is 0 Å². The molecule has 0 spiro atoms. The molecule has 0 unspecified atom stereocenters. The SMILES string of the molecule is COc1cc(C)c(S(=O)(=O)Nc2cccc(C)n2)cc1C. The van der Waals surface area contributed by atoms with Gasteiger partial charge in [0.05, 0.1) is 12.0 Å². The van der Waals surface area contributed by atoms with Crippen LogP contribution in [0, 0.1) is 20.8 Å². The molecule has 1 heterocycles. The minimum Gasteiger partial charge on any atom is -0.496 e. The smallest absolute Gasteiger partial charge is 0.263 e. The van der Waals surface area contributed by atoms with E-state index in [2.05, 4.69) is 9.71 Å². The molecule has 0 amide bonds.